The highest BCUT2D eigenvalue weighted by molar-refractivity contribution is 6.12. The van der Waals surface area contributed by atoms with E-state index < -0.39 is 0 Å². The number of hydrogen-bond donors (Lipinski definition) is 0. The summed E-state index contributed by atoms with van der Waals surface area (Å²) in [6.45, 7) is 5.56. The molecule has 0 saturated carbocycles. The van der Waals surface area contributed by atoms with Gasteiger partial charge in [0.2, 0.25) is 0 Å². The molecule has 2 heteroatoms. The summed E-state index contributed by atoms with van der Waals surface area (Å²) in [5.74, 6) is 0. The largest absolute Gasteiger partial charge is 0.295 e. The molecular formula is C20H17N2+. The first kappa shape index (κ1) is 11.2. The van der Waals surface area contributed by atoms with Gasteiger partial charge in [0.05, 0.1) is 5.39 Å². The fraction of sp³-hybridized carbons (Fsp3) is 0.250. The lowest BCUT2D eigenvalue weighted by atomic mass is 9.94. The summed E-state index contributed by atoms with van der Waals surface area (Å²) in [6, 6.07) is 11.6. The molecule has 0 radical (unpaired) electrons. The number of rotatable bonds is 0. The van der Waals surface area contributed by atoms with Crippen LogP contribution in [-0.2, 0) is 19.4 Å². The van der Waals surface area contributed by atoms with E-state index >= 15 is 0 Å². The third-order valence-corrected chi connectivity index (χ3v) is 5.74. The van der Waals surface area contributed by atoms with E-state index in [1.165, 1.54) is 68.2 Å². The predicted molar refractivity (Wildman–Crippen MR) is 88.6 cm³/mol. The monoisotopic (exact) mass is 285 g/mol. The molecule has 0 fully saturated rings. The molecule has 0 atom stereocenters. The molecular weight excluding hydrogens is 268 g/mol. The van der Waals surface area contributed by atoms with E-state index in [9.17, 15) is 0 Å². The summed E-state index contributed by atoms with van der Waals surface area (Å²) < 4.78 is 5.10. The summed E-state index contributed by atoms with van der Waals surface area (Å²) in [6.07, 6.45) is 2.33. The molecule has 0 bridgehead atoms. The van der Waals surface area contributed by atoms with Gasteiger partial charge in [-0.3, -0.25) is 0 Å². The van der Waals surface area contributed by atoms with Crippen molar-refractivity contribution < 1.29 is 4.40 Å². The normalized spacial score (nSPS) is 15.2. The smallest absolute Gasteiger partial charge is 0.222 e. The van der Waals surface area contributed by atoms with Crippen LogP contribution < -0.4 is 4.40 Å². The molecule has 0 spiro atoms. The molecule has 0 saturated heterocycles. The Morgan fingerprint density at radius 3 is 2.82 bits per heavy atom. The second-order valence-corrected chi connectivity index (χ2v) is 6.94. The molecule has 2 nitrogen and oxygen atoms in total. The van der Waals surface area contributed by atoms with E-state index in [1.54, 1.807) is 0 Å². The molecule has 0 amide bonds. The summed E-state index contributed by atoms with van der Waals surface area (Å²) in [7, 11) is 0. The Morgan fingerprint density at radius 2 is 1.91 bits per heavy atom. The van der Waals surface area contributed by atoms with Gasteiger partial charge in [-0.15, -0.1) is 0 Å². The first-order valence-corrected chi connectivity index (χ1v) is 8.14. The van der Waals surface area contributed by atoms with Crippen LogP contribution >= 0.6 is 0 Å². The number of aromatic nitrogens is 2. The van der Waals surface area contributed by atoms with Gasteiger partial charge in [-0.1, -0.05) is 35.9 Å². The van der Waals surface area contributed by atoms with Crippen LogP contribution in [-0.4, -0.2) is 4.57 Å². The van der Waals surface area contributed by atoms with Gasteiger partial charge in [0, 0.05) is 35.2 Å². The van der Waals surface area contributed by atoms with Crippen LogP contribution in [0.5, 0.6) is 0 Å². The Kier molecular flexibility index (Phi) is 1.71. The number of pyridine rings is 1. The third kappa shape index (κ3) is 1.04. The van der Waals surface area contributed by atoms with Gasteiger partial charge >= 0.3 is 0 Å². The van der Waals surface area contributed by atoms with Crippen molar-refractivity contribution in [2.75, 3.05) is 0 Å². The standard InChI is InChI=1S/C20H17N2/c1-11-8-14-10-21-12(2)17-7-6-13-4-3-5-15-16(9-11)18(14)20(21)22(17)19(13)15/h3-5,8-9H,6-7,10H2,1-2H3/q+1. The van der Waals surface area contributed by atoms with E-state index in [0.29, 0.717) is 0 Å². The molecule has 2 aromatic carbocycles. The van der Waals surface area contributed by atoms with E-state index in [0.717, 1.165) is 6.54 Å². The van der Waals surface area contributed by atoms with Crippen molar-refractivity contribution in [2.24, 2.45) is 0 Å². The highest BCUT2D eigenvalue weighted by Crippen LogP contribution is 2.38. The number of nitrogens with zero attached hydrogens (tertiary/aromatic N) is 2. The number of aryl methyl sites for hydroxylation is 3. The predicted octanol–water partition coefficient (Wildman–Crippen LogP) is 3.61. The molecule has 6 rings (SSSR count). The SMILES string of the molecule is Cc1cc2c3c(c1)c1cccc4c1[n+]1c(c(C)n(c31)C2)CC4. The highest BCUT2D eigenvalue weighted by atomic mass is 15.2. The van der Waals surface area contributed by atoms with Crippen molar-refractivity contribution in [3.63, 3.8) is 0 Å². The van der Waals surface area contributed by atoms with Crippen LogP contribution in [0.1, 0.15) is 28.1 Å². The molecule has 2 aliphatic heterocycles. The fourth-order valence-corrected chi connectivity index (χ4v) is 4.86. The van der Waals surface area contributed by atoms with E-state index in [1.807, 2.05) is 0 Å². The number of imidazole rings is 1. The van der Waals surface area contributed by atoms with Gasteiger partial charge < -0.3 is 0 Å². The molecule has 2 aliphatic rings. The molecule has 0 N–H and O–H groups in total. The Balaban J connectivity index is 2.10. The molecule has 4 heterocycles. The zero-order valence-corrected chi connectivity index (χ0v) is 12.9. The first-order chi connectivity index (χ1) is 10.7. The number of fused-ring (bicyclic) bond motifs is 1. The van der Waals surface area contributed by atoms with Crippen LogP contribution in [0.15, 0.2) is 30.3 Å². The molecule has 2 aromatic heterocycles. The second-order valence-electron chi connectivity index (χ2n) is 6.94. The number of hydrogen-bond acceptors (Lipinski definition) is 0. The summed E-state index contributed by atoms with van der Waals surface area (Å²) >= 11 is 0. The van der Waals surface area contributed by atoms with Crippen molar-refractivity contribution >= 4 is 27.3 Å². The minimum absolute atomic E-state index is 1.04. The molecule has 0 aliphatic carbocycles. The summed E-state index contributed by atoms with van der Waals surface area (Å²) in [5, 5.41) is 4.35. The van der Waals surface area contributed by atoms with Crippen LogP contribution in [0.4, 0.5) is 0 Å². The maximum Gasteiger partial charge on any atom is 0.295 e. The summed E-state index contributed by atoms with van der Waals surface area (Å²) in [4.78, 5) is 0. The van der Waals surface area contributed by atoms with E-state index in [2.05, 4.69) is 53.1 Å². The van der Waals surface area contributed by atoms with Gasteiger partial charge in [-0.25, -0.2) is 4.57 Å². The van der Waals surface area contributed by atoms with Crippen LogP contribution in [0.2, 0.25) is 0 Å². The van der Waals surface area contributed by atoms with Crippen molar-refractivity contribution in [1.29, 1.82) is 0 Å². The molecule has 106 valence electrons. The van der Waals surface area contributed by atoms with Crippen molar-refractivity contribution in [1.82, 2.24) is 4.57 Å². The lowest BCUT2D eigenvalue weighted by Gasteiger charge is -2.14. The highest BCUT2D eigenvalue weighted by Gasteiger charge is 2.35. The van der Waals surface area contributed by atoms with E-state index in [-0.39, 0.29) is 0 Å². The quantitative estimate of drug-likeness (QED) is 0.304. The topological polar surface area (TPSA) is 9.03 Å². The molecule has 0 unspecified atom stereocenters. The van der Waals surface area contributed by atoms with Gasteiger partial charge in [-0.05, 0) is 13.3 Å². The Hall–Kier alpha value is -2.35. The van der Waals surface area contributed by atoms with Gasteiger partial charge in [0.15, 0.2) is 5.69 Å². The van der Waals surface area contributed by atoms with Crippen LogP contribution in [0.3, 0.4) is 0 Å². The van der Waals surface area contributed by atoms with Gasteiger partial charge in [0.25, 0.3) is 5.65 Å². The fourth-order valence-electron chi connectivity index (χ4n) is 4.86. The van der Waals surface area contributed by atoms with Crippen LogP contribution in [0, 0.1) is 13.8 Å². The third-order valence-electron chi connectivity index (χ3n) is 5.74. The first-order valence-electron chi connectivity index (χ1n) is 8.14. The molecule has 4 aromatic rings. The minimum atomic E-state index is 1.04. The van der Waals surface area contributed by atoms with Gasteiger partial charge in [0.1, 0.15) is 17.8 Å². The molecule has 22 heavy (non-hydrogen) atoms. The summed E-state index contributed by atoms with van der Waals surface area (Å²) in [5.41, 5.74) is 10.2. The Morgan fingerprint density at radius 1 is 1.00 bits per heavy atom. The maximum absolute atomic E-state index is 2.57. The van der Waals surface area contributed by atoms with Crippen LogP contribution in [0.25, 0.3) is 27.3 Å². The Labute approximate surface area is 128 Å². The lowest BCUT2D eigenvalue weighted by molar-refractivity contribution is -0.492. The maximum atomic E-state index is 2.57. The minimum Gasteiger partial charge on any atom is -0.222 e. The van der Waals surface area contributed by atoms with Gasteiger partial charge in [-0.2, -0.15) is 4.40 Å². The Bertz CT molecular complexity index is 1160. The van der Waals surface area contributed by atoms with Crippen molar-refractivity contribution in [2.45, 2.75) is 33.2 Å². The number of para-hydroxylation sites is 1. The van der Waals surface area contributed by atoms with Crippen molar-refractivity contribution in [3.8, 4) is 0 Å². The zero-order chi connectivity index (χ0) is 14.6. The average molecular weight is 285 g/mol. The zero-order valence-electron chi connectivity index (χ0n) is 12.9. The van der Waals surface area contributed by atoms with Crippen molar-refractivity contribution in [3.05, 3.63) is 58.4 Å². The average Bonchev–Trinajstić information content (AvgIpc) is 3.02. The second kappa shape index (κ2) is 3.35. The number of benzene rings is 2. The lowest BCUT2D eigenvalue weighted by Crippen LogP contribution is -2.31. The van der Waals surface area contributed by atoms with E-state index in [4.69, 9.17) is 0 Å².